The van der Waals surface area contributed by atoms with Crippen LogP contribution in [0.1, 0.15) is 22.3 Å². The predicted molar refractivity (Wildman–Crippen MR) is 232 cm³/mol. The first kappa shape index (κ1) is 32.1. The van der Waals surface area contributed by atoms with E-state index in [9.17, 15) is 0 Å². The van der Waals surface area contributed by atoms with Crippen LogP contribution in [-0.2, 0) is 5.41 Å². The number of para-hydroxylation sites is 3. The zero-order valence-electron chi connectivity index (χ0n) is 30.7. The number of aromatic amines is 1. The fraction of sp³-hybridized carbons (Fsp3) is 0.0189. The summed E-state index contributed by atoms with van der Waals surface area (Å²) in [7, 11) is 0. The molecule has 1 aromatic heterocycles. The summed E-state index contributed by atoms with van der Waals surface area (Å²) in [6, 6.07) is 74.9. The molecule has 0 atom stereocenters. The molecule has 8 aromatic carbocycles. The minimum absolute atomic E-state index is 0.556. The molecule has 1 aliphatic heterocycles. The van der Waals surface area contributed by atoms with Gasteiger partial charge in [-0.15, -0.1) is 0 Å². The van der Waals surface area contributed by atoms with Crippen molar-refractivity contribution >= 4 is 34.1 Å². The van der Waals surface area contributed by atoms with Crippen molar-refractivity contribution in [3.05, 3.63) is 241 Å². The minimum atomic E-state index is -0.556. The van der Waals surface area contributed by atoms with Crippen LogP contribution in [0.4, 0.5) is 34.1 Å². The molecular formula is C53H37N3. The van der Waals surface area contributed by atoms with Crippen LogP contribution in [0.2, 0.25) is 0 Å². The van der Waals surface area contributed by atoms with Gasteiger partial charge in [0.05, 0.1) is 16.8 Å². The molecule has 0 unspecified atom stereocenters. The first-order valence-electron chi connectivity index (χ1n) is 19.3. The van der Waals surface area contributed by atoms with Crippen molar-refractivity contribution in [1.82, 2.24) is 4.98 Å². The third-order valence-electron chi connectivity index (χ3n) is 11.7. The summed E-state index contributed by atoms with van der Waals surface area (Å²) in [6.07, 6.45) is 4.42. The van der Waals surface area contributed by atoms with Gasteiger partial charge in [-0.3, -0.25) is 0 Å². The lowest BCUT2D eigenvalue weighted by Gasteiger charge is -2.43. The lowest BCUT2D eigenvalue weighted by Crippen LogP contribution is -2.35. The van der Waals surface area contributed by atoms with E-state index in [4.69, 9.17) is 0 Å². The van der Waals surface area contributed by atoms with Crippen molar-refractivity contribution in [2.45, 2.75) is 5.41 Å². The molecule has 0 bridgehead atoms. The Morgan fingerprint density at radius 3 is 1.39 bits per heavy atom. The number of aromatic nitrogens is 1. The number of benzene rings is 8. The molecule has 2 heterocycles. The summed E-state index contributed by atoms with van der Waals surface area (Å²) in [6.45, 7) is 0. The summed E-state index contributed by atoms with van der Waals surface area (Å²) < 4.78 is 0. The molecule has 1 N–H and O–H groups in total. The molecule has 0 fully saturated rings. The molecular weight excluding hydrogens is 679 g/mol. The molecule has 3 nitrogen and oxygen atoms in total. The Bertz CT molecular complexity index is 2710. The summed E-state index contributed by atoms with van der Waals surface area (Å²) >= 11 is 0. The second kappa shape index (κ2) is 12.9. The molecule has 11 rings (SSSR count). The largest absolute Gasteiger partial charge is 0.365 e. The maximum absolute atomic E-state index is 3.60. The Hall–Kier alpha value is -7.36. The average Bonchev–Trinajstić information content (AvgIpc) is 3.87. The van der Waals surface area contributed by atoms with Crippen molar-refractivity contribution in [3.8, 4) is 33.4 Å². The van der Waals surface area contributed by atoms with Gasteiger partial charge in [0.1, 0.15) is 0 Å². The molecule has 1 aliphatic carbocycles. The molecule has 56 heavy (non-hydrogen) atoms. The van der Waals surface area contributed by atoms with Gasteiger partial charge >= 0.3 is 0 Å². The van der Waals surface area contributed by atoms with Gasteiger partial charge < -0.3 is 14.8 Å². The second-order valence-electron chi connectivity index (χ2n) is 14.6. The lowest BCUT2D eigenvalue weighted by molar-refractivity contribution is 0.756. The number of anilines is 6. The molecule has 1 spiro atoms. The standard InChI is InChI=1S/C53H37N3/c1-5-15-37(16-6-1)39-25-31-45-46-32-26-40(38-17-7-2-8-18-38)34-49(46)53(48(45)33-39)47-23-13-14-24-51(47)56(52-36-54-35-50(52)53)44-29-27-43(28-30-44)55(41-19-9-3-10-20-41)42-21-11-4-12-22-42/h1-36,54H. The molecule has 0 radical (unpaired) electrons. The first-order valence-corrected chi connectivity index (χ1v) is 19.3. The summed E-state index contributed by atoms with van der Waals surface area (Å²) in [5.74, 6) is 0. The van der Waals surface area contributed by atoms with Crippen molar-refractivity contribution in [1.29, 1.82) is 0 Å². The van der Waals surface area contributed by atoms with Crippen LogP contribution in [-0.4, -0.2) is 4.98 Å². The van der Waals surface area contributed by atoms with Crippen LogP contribution < -0.4 is 9.80 Å². The van der Waals surface area contributed by atoms with Crippen LogP contribution in [0.25, 0.3) is 33.4 Å². The van der Waals surface area contributed by atoms with E-state index in [0.717, 1.165) is 28.4 Å². The number of nitrogens with zero attached hydrogens (tertiary/aromatic N) is 2. The van der Waals surface area contributed by atoms with Gasteiger partial charge in [-0.1, -0.05) is 140 Å². The lowest BCUT2D eigenvalue weighted by atomic mass is 9.65. The number of nitrogens with one attached hydrogen (secondary N) is 1. The Kier molecular flexibility index (Phi) is 7.39. The monoisotopic (exact) mass is 715 g/mol. The van der Waals surface area contributed by atoms with E-state index < -0.39 is 5.41 Å². The van der Waals surface area contributed by atoms with Gasteiger partial charge in [0.15, 0.2) is 0 Å². The van der Waals surface area contributed by atoms with E-state index in [0.29, 0.717) is 0 Å². The number of fused-ring (bicyclic) bond motifs is 9. The first-order chi connectivity index (χ1) is 27.8. The Labute approximate surface area is 327 Å². The van der Waals surface area contributed by atoms with E-state index >= 15 is 0 Å². The maximum Gasteiger partial charge on any atom is 0.0769 e. The van der Waals surface area contributed by atoms with Crippen LogP contribution in [0.15, 0.2) is 219 Å². The van der Waals surface area contributed by atoms with Crippen LogP contribution in [0, 0.1) is 0 Å². The zero-order valence-corrected chi connectivity index (χ0v) is 30.7. The maximum atomic E-state index is 3.60. The van der Waals surface area contributed by atoms with Crippen molar-refractivity contribution in [2.24, 2.45) is 0 Å². The van der Waals surface area contributed by atoms with Gasteiger partial charge in [0.2, 0.25) is 0 Å². The average molecular weight is 716 g/mol. The third kappa shape index (κ3) is 4.84. The fourth-order valence-corrected chi connectivity index (χ4v) is 9.26. The zero-order chi connectivity index (χ0) is 37.1. The Balaban J connectivity index is 1.12. The van der Waals surface area contributed by atoms with Crippen molar-refractivity contribution < 1.29 is 0 Å². The van der Waals surface area contributed by atoms with E-state index in [1.165, 1.54) is 61.3 Å². The molecule has 264 valence electrons. The van der Waals surface area contributed by atoms with Crippen LogP contribution in [0.5, 0.6) is 0 Å². The quantitative estimate of drug-likeness (QED) is 0.185. The highest BCUT2D eigenvalue weighted by Crippen LogP contribution is 2.64. The predicted octanol–water partition coefficient (Wildman–Crippen LogP) is 14.0. The van der Waals surface area contributed by atoms with Crippen molar-refractivity contribution in [3.63, 3.8) is 0 Å². The molecule has 3 heteroatoms. The van der Waals surface area contributed by atoms with E-state index in [-0.39, 0.29) is 0 Å². The highest BCUT2D eigenvalue weighted by molar-refractivity contribution is 5.97. The molecule has 0 amide bonds. The minimum Gasteiger partial charge on any atom is -0.365 e. The topological polar surface area (TPSA) is 22.3 Å². The summed E-state index contributed by atoms with van der Waals surface area (Å²) in [5, 5.41) is 0. The normalized spacial score (nSPS) is 13.1. The van der Waals surface area contributed by atoms with Gasteiger partial charge in [0.25, 0.3) is 0 Å². The number of rotatable bonds is 6. The Morgan fingerprint density at radius 1 is 0.357 bits per heavy atom. The molecule has 0 saturated heterocycles. The van der Waals surface area contributed by atoms with Gasteiger partial charge in [-0.2, -0.15) is 0 Å². The van der Waals surface area contributed by atoms with Gasteiger partial charge in [-0.05, 0) is 117 Å². The molecule has 2 aliphatic rings. The Morgan fingerprint density at radius 2 is 0.839 bits per heavy atom. The fourth-order valence-electron chi connectivity index (χ4n) is 9.26. The van der Waals surface area contributed by atoms with Crippen LogP contribution >= 0.6 is 0 Å². The summed E-state index contributed by atoms with van der Waals surface area (Å²) in [4.78, 5) is 8.35. The van der Waals surface area contributed by atoms with Crippen LogP contribution in [0.3, 0.4) is 0 Å². The molecule has 9 aromatic rings. The number of H-pyrrole nitrogens is 1. The second-order valence-corrected chi connectivity index (χ2v) is 14.6. The SMILES string of the molecule is c1ccc(-c2ccc3c(c2)C2(c4cc(-c5ccccc5)ccc4-3)c3ccccc3N(c3ccc(N(c4ccccc4)c4ccccc4)cc3)c3c[nH]cc32)cc1. The smallest absolute Gasteiger partial charge is 0.0769 e. The third-order valence-corrected chi connectivity index (χ3v) is 11.7. The van der Waals surface area contributed by atoms with E-state index in [1.807, 2.05) is 0 Å². The van der Waals surface area contributed by atoms with Gasteiger partial charge in [-0.25, -0.2) is 0 Å². The van der Waals surface area contributed by atoms with Gasteiger partial charge in [0, 0.05) is 40.7 Å². The molecule has 0 saturated carbocycles. The number of hydrogen-bond donors (Lipinski definition) is 1. The highest BCUT2D eigenvalue weighted by Gasteiger charge is 2.52. The highest BCUT2D eigenvalue weighted by atomic mass is 15.2. The number of hydrogen-bond acceptors (Lipinski definition) is 2. The van der Waals surface area contributed by atoms with E-state index in [1.54, 1.807) is 0 Å². The van der Waals surface area contributed by atoms with Crippen molar-refractivity contribution in [2.75, 3.05) is 9.80 Å². The summed E-state index contributed by atoms with van der Waals surface area (Å²) in [5.41, 5.74) is 18.7. The van der Waals surface area contributed by atoms with E-state index in [2.05, 4.69) is 233 Å².